The molecule has 0 bridgehead atoms. The number of thiophene rings is 1. The maximum atomic E-state index is 5.74. The van der Waals surface area contributed by atoms with E-state index in [1.54, 1.807) is 0 Å². The standard InChI is InChI=1S/C17H19N5OS/c1-9-19-15(18-8-13-21-22-16(23-13)10-6-7-10)14-11-4-2-3-5-12(11)24-17(14)20-9/h10H,2-8H2,1H3,(H,18,19,20). The van der Waals surface area contributed by atoms with Crippen molar-refractivity contribution >= 4 is 27.4 Å². The molecule has 0 spiro atoms. The summed E-state index contributed by atoms with van der Waals surface area (Å²) in [6, 6.07) is 0. The highest BCUT2D eigenvalue weighted by atomic mass is 32.1. The number of hydrogen-bond donors (Lipinski definition) is 1. The van der Waals surface area contributed by atoms with E-state index in [-0.39, 0.29) is 0 Å². The van der Waals surface area contributed by atoms with Crippen LogP contribution in [0, 0.1) is 6.92 Å². The van der Waals surface area contributed by atoms with Crippen molar-refractivity contribution in [2.24, 2.45) is 0 Å². The molecule has 24 heavy (non-hydrogen) atoms. The van der Waals surface area contributed by atoms with Crippen LogP contribution < -0.4 is 5.32 Å². The van der Waals surface area contributed by atoms with Crippen LogP contribution in [0.15, 0.2) is 4.42 Å². The lowest BCUT2D eigenvalue weighted by atomic mass is 9.97. The molecule has 0 atom stereocenters. The zero-order valence-electron chi connectivity index (χ0n) is 13.6. The lowest BCUT2D eigenvalue weighted by molar-refractivity contribution is 0.457. The minimum Gasteiger partial charge on any atom is -0.423 e. The number of fused-ring (bicyclic) bond motifs is 3. The minimum atomic E-state index is 0.489. The molecule has 0 radical (unpaired) electrons. The second kappa shape index (κ2) is 5.51. The second-order valence-electron chi connectivity index (χ2n) is 6.67. The summed E-state index contributed by atoms with van der Waals surface area (Å²) < 4.78 is 5.74. The molecule has 1 fully saturated rings. The summed E-state index contributed by atoms with van der Waals surface area (Å²) >= 11 is 1.82. The molecule has 3 aromatic heterocycles. The third-order valence-corrected chi connectivity index (χ3v) is 5.93. The summed E-state index contributed by atoms with van der Waals surface area (Å²) in [7, 11) is 0. The third-order valence-electron chi connectivity index (χ3n) is 4.74. The van der Waals surface area contributed by atoms with Crippen LogP contribution in [0.2, 0.25) is 0 Å². The lowest BCUT2D eigenvalue weighted by Gasteiger charge is -2.12. The fourth-order valence-electron chi connectivity index (χ4n) is 3.38. The third kappa shape index (κ3) is 2.47. The number of aromatic nitrogens is 4. The van der Waals surface area contributed by atoms with Crippen LogP contribution in [0.1, 0.15) is 59.6 Å². The van der Waals surface area contributed by atoms with Gasteiger partial charge in [0.15, 0.2) is 0 Å². The monoisotopic (exact) mass is 341 g/mol. The van der Waals surface area contributed by atoms with E-state index in [1.807, 2.05) is 18.3 Å². The topological polar surface area (TPSA) is 76.7 Å². The van der Waals surface area contributed by atoms with Gasteiger partial charge in [-0.3, -0.25) is 0 Å². The molecule has 0 amide bonds. The molecule has 0 aromatic carbocycles. The Kier molecular flexibility index (Phi) is 3.29. The molecule has 5 rings (SSSR count). The zero-order valence-corrected chi connectivity index (χ0v) is 14.4. The summed E-state index contributed by atoms with van der Waals surface area (Å²) in [4.78, 5) is 11.9. The van der Waals surface area contributed by atoms with Crippen LogP contribution in [0.4, 0.5) is 5.82 Å². The van der Waals surface area contributed by atoms with Crippen molar-refractivity contribution in [3.8, 4) is 0 Å². The van der Waals surface area contributed by atoms with Gasteiger partial charge < -0.3 is 9.73 Å². The molecule has 124 valence electrons. The summed E-state index contributed by atoms with van der Waals surface area (Å²) in [5, 5.41) is 12.9. The van der Waals surface area contributed by atoms with Gasteiger partial charge in [-0.25, -0.2) is 9.97 Å². The van der Waals surface area contributed by atoms with Crippen molar-refractivity contribution in [1.82, 2.24) is 20.2 Å². The van der Waals surface area contributed by atoms with E-state index in [9.17, 15) is 0 Å². The van der Waals surface area contributed by atoms with Crippen molar-refractivity contribution in [3.63, 3.8) is 0 Å². The average Bonchev–Trinajstić information content (AvgIpc) is 3.20. The molecule has 3 aromatic rings. The number of nitrogens with one attached hydrogen (secondary N) is 1. The van der Waals surface area contributed by atoms with Gasteiger partial charge in [-0.05, 0) is 51.0 Å². The van der Waals surface area contributed by atoms with E-state index >= 15 is 0 Å². The molecule has 6 nitrogen and oxygen atoms in total. The van der Waals surface area contributed by atoms with Crippen LogP contribution in [0.25, 0.3) is 10.2 Å². The van der Waals surface area contributed by atoms with Gasteiger partial charge in [0.05, 0.1) is 11.9 Å². The van der Waals surface area contributed by atoms with Crippen molar-refractivity contribution in [3.05, 3.63) is 28.0 Å². The van der Waals surface area contributed by atoms with E-state index in [1.165, 1.54) is 47.9 Å². The Morgan fingerprint density at radius 3 is 2.92 bits per heavy atom. The van der Waals surface area contributed by atoms with E-state index in [4.69, 9.17) is 4.42 Å². The fraction of sp³-hybridized carbons (Fsp3) is 0.529. The van der Waals surface area contributed by atoms with E-state index in [0.717, 1.165) is 28.8 Å². The number of hydrogen-bond acceptors (Lipinski definition) is 7. The zero-order chi connectivity index (χ0) is 16.1. The summed E-state index contributed by atoms with van der Waals surface area (Å²) in [5.41, 5.74) is 1.44. The van der Waals surface area contributed by atoms with Gasteiger partial charge in [0, 0.05) is 10.8 Å². The highest BCUT2D eigenvalue weighted by Crippen LogP contribution is 2.40. The van der Waals surface area contributed by atoms with Gasteiger partial charge >= 0.3 is 0 Å². The molecule has 1 N–H and O–H groups in total. The number of aryl methyl sites for hydroxylation is 3. The normalized spacial score (nSPS) is 17.2. The maximum absolute atomic E-state index is 5.74. The molecule has 0 unspecified atom stereocenters. The van der Waals surface area contributed by atoms with Gasteiger partial charge in [0.2, 0.25) is 11.8 Å². The van der Waals surface area contributed by atoms with Gasteiger partial charge in [-0.1, -0.05) is 0 Å². The molecular weight excluding hydrogens is 322 g/mol. The molecule has 0 aliphatic heterocycles. The lowest BCUT2D eigenvalue weighted by Crippen LogP contribution is -2.06. The van der Waals surface area contributed by atoms with Crippen molar-refractivity contribution in [1.29, 1.82) is 0 Å². The van der Waals surface area contributed by atoms with Crippen molar-refractivity contribution in [2.75, 3.05) is 5.32 Å². The minimum absolute atomic E-state index is 0.489. The van der Waals surface area contributed by atoms with Gasteiger partial charge in [0.1, 0.15) is 16.5 Å². The van der Waals surface area contributed by atoms with Crippen LogP contribution >= 0.6 is 11.3 Å². The van der Waals surface area contributed by atoms with Gasteiger partial charge in [0.25, 0.3) is 0 Å². The predicted octanol–water partition coefficient (Wildman–Crippen LogP) is 3.75. The van der Waals surface area contributed by atoms with Crippen LogP contribution in [-0.4, -0.2) is 20.2 Å². The first kappa shape index (κ1) is 14.3. The van der Waals surface area contributed by atoms with Gasteiger partial charge in [-0.2, -0.15) is 0 Å². The van der Waals surface area contributed by atoms with Crippen molar-refractivity contribution < 1.29 is 4.42 Å². The van der Waals surface area contributed by atoms with E-state index < -0.39 is 0 Å². The molecule has 3 heterocycles. The predicted molar refractivity (Wildman–Crippen MR) is 92.4 cm³/mol. The first-order valence-corrected chi connectivity index (χ1v) is 9.44. The molecule has 7 heteroatoms. The molecular formula is C17H19N5OS. The van der Waals surface area contributed by atoms with Crippen LogP contribution in [-0.2, 0) is 19.4 Å². The highest BCUT2D eigenvalue weighted by molar-refractivity contribution is 7.19. The van der Waals surface area contributed by atoms with Gasteiger partial charge in [-0.15, -0.1) is 21.5 Å². The maximum Gasteiger partial charge on any atom is 0.235 e. The smallest absolute Gasteiger partial charge is 0.235 e. The largest absolute Gasteiger partial charge is 0.423 e. The summed E-state index contributed by atoms with van der Waals surface area (Å²) in [6.45, 7) is 2.46. The fourth-order valence-corrected chi connectivity index (χ4v) is 4.69. The average molecular weight is 341 g/mol. The Morgan fingerprint density at radius 1 is 1.17 bits per heavy atom. The number of nitrogens with zero attached hydrogens (tertiary/aromatic N) is 4. The summed E-state index contributed by atoms with van der Waals surface area (Å²) in [6.07, 6.45) is 7.16. The van der Waals surface area contributed by atoms with E-state index in [2.05, 4.69) is 25.5 Å². The van der Waals surface area contributed by atoms with Crippen molar-refractivity contribution in [2.45, 2.75) is 57.9 Å². The Hall–Kier alpha value is -2.02. The van der Waals surface area contributed by atoms with E-state index in [0.29, 0.717) is 18.4 Å². The number of anilines is 1. The molecule has 0 saturated heterocycles. The SMILES string of the molecule is Cc1nc(NCc2nnc(C3CC3)o2)c2c3c(sc2n1)CCCC3. The molecule has 2 aliphatic rings. The molecule has 2 aliphatic carbocycles. The number of rotatable bonds is 4. The first-order chi connectivity index (χ1) is 11.8. The Balaban J connectivity index is 1.47. The van der Waals surface area contributed by atoms with Crippen LogP contribution in [0.5, 0.6) is 0 Å². The quantitative estimate of drug-likeness (QED) is 0.779. The van der Waals surface area contributed by atoms with Crippen LogP contribution in [0.3, 0.4) is 0 Å². The first-order valence-electron chi connectivity index (χ1n) is 8.63. The Labute approximate surface area is 143 Å². The highest BCUT2D eigenvalue weighted by Gasteiger charge is 2.29. The molecule has 1 saturated carbocycles. The summed E-state index contributed by atoms with van der Waals surface area (Å²) in [5.74, 6) is 3.60. The second-order valence-corrected chi connectivity index (χ2v) is 7.76. The Bertz CT molecular complexity index is 911. The Morgan fingerprint density at radius 2 is 2.04 bits per heavy atom.